The van der Waals surface area contributed by atoms with Crippen molar-refractivity contribution in [1.29, 1.82) is 5.26 Å². The number of rotatable bonds is 7. The van der Waals surface area contributed by atoms with Gasteiger partial charge in [0.05, 0.1) is 6.61 Å². The summed E-state index contributed by atoms with van der Waals surface area (Å²) in [5.41, 5.74) is 2.26. The highest BCUT2D eigenvalue weighted by Gasteiger charge is 2.16. The molecule has 1 aliphatic rings. The van der Waals surface area contributed by atoms with Gasteiger partial charge in [0.2, 0.25) is 6.79 Å². The minimum Gasteiger partial charge on any atom is -0.465 e. The number of aromatic nitrogens is 1. The van der Waals surface area contributed by atoms with Crippen molar-refractivity contribution in [2.75, 3.05) is 13.4 Å². The fourth-order valence-electron chi connectivity index (χ4n) is 3.50. The number of hydrogen-bond donors (Lipinski definition) is 1. The van der Waals surface area contributed by atoms with Gasteiger partial charge >= 0.3 is 5.97 Å². The predicted molar refractivity (Wildman–Crippen MR) is 117 cm³/mol. The molecule has 0 atom stereocenters. The zero-order valence-corrected chi connectivity index (χ0v) is 17.5. The summed E-state index contributed by atoms with van der Waals surface area (Å²) in [6.07, 6.45) is 3.27. The highest BCUT2D eigenvalue weighted by atomic mass is 16.7. The molecule has 1 aromatic heterocycles. The molecule has 162 valence electrons. The van der Waals surface area contributed by atoms with Gasteiger partial charge in [-0.2, -0.15) is 5.26 Å². The maximum absolute atomic E-state index is 12.7. The lowest BCUT2D eigenvalue weighted by atomic mass is 10.1. The van der Waals surface area contributed by atoms with E-state index in [0.717, 1.165) is 16.5 Å². The molecule has 0 aliphatic carbocycles. The largest absolute Gasteiger partial charge is 0.465 e. The number of carbonyl (C=O) groups is 2. The Morgan fingerprint density at radius 2 is 2.03 bits per heavy atom. The number of nitrogens with zero attached hydrogens (tertiary/aromatic N) is 2. The third-order valence-electron chi connectivity index (χ3n) is 4.98. The van der Waals surface area contributed by atoms with Crippen LogP contribution in [-0.4, -0.2) is 29.8 Å². The minimum absolute atomic E-state index is 0.0372. The van der Waals surface area contributed by atoms with Crippen LogP contribution in [0.3, 0.4) is 0 Å². The molecule has 1 aliphatic heterocycles. The number of nitrogens with one attached hydrogen (secondary N) is 1. The third-order valence-corrected chi connectivity index (χ3v) is 4.98. The third kappa shape index (κ3) is 4.42. The number of amides is 1. The minimum atomic E-state index is -0.493. The van der Waals surface area contributed by atoms with Crippen LogP contribution < -0.4 is 14.8 Å². The number of ether oxygens (including phenoxy) is 3. The lowest BCUT2D eigenvalue weighted by Crippen LogP contribution is -2.23. The van der Waals surface area contributed by atoms with Crippen molar-refractivity contribution in [1.82, 2.24) is 9.88 Å². The normalized spacial score (nSPS) is 12.4. The molecular weight excluding hydrogens is 410 g/mol. The second-order valence-electron chi connectivity index (χ2n) is 7.07. The first kappa shape index (κ1) is 21.0. The molecule has 2 heterocycles. The average Bonchev–Trinajstić information content (AvgIpc) is 3.40. The molecule has 0 spiro atoms. The van der Waals surface area contributed by atoms with Gasteiger partial charge in [-0.25, -0.2) is 0 Å². The fraction of sp³-hybridized carbons (Fsp3) is 0.208. The molecule has 8 nitrogen and oxygen atoms in total. The van der Waals surface area contributed by atoms with E-state index in [9.17, 15) is 14.9 Å². The molecule has 0 bridgehead atoms. The van der Waals surface area contributed by atoms with Gasteiger partial charge in [-0.05, 0) is 36.8 Å². The smallest absolute Gasteiger partial charge is 0.325 e. The first-order valence-corrected chi connectivity index (χ1v) is 10.1. The van der Waals surface area contributed by atoms with Crippen LogP contribution in [0.4, 0.5) is 0 Å². The van der Waals surface area contributed by atoms with Crippen molar-refractivity contribution in [2.45, 2.75) is 20.0 Å². The molecule has 1 amide bonds. The molecule has 1 N–H and O–H groups in total. The van der Waals surface area contributed by atoms with E-state index < -0.39 is 5.91 Å². The van der Waals surface area contributed by atoms with Gasteiger partial charge in [0.15, 0.2) is 11.5 Å². The highest BCUT2D eigenvalue weighted by Crippen LogP contribution is 2.32. The van der Waals surface area contributed by atoms with Crippen molar-refractivity contribution in [3.8, 4) is 17.6 Å². The number of esters is 1. The Morgan fingerprint density at radius 3 is 2.84 bits per heavy atom. The van der Waals surface area contributed by atoms with E-state index in [4.69, 9.17) is 14.2 Å². The van der Waals surface area contributed by atoms with E-state index in [1.54, 1.807) is 29.8 Å². The Bertz CT molecular complexity index is 1250. The number of para-hydroxylation sites is 1. The quantitative estimate of drug-likeness (QED) is 0.350. The second kappa shape index (κ2) is 9.27. The van der Waals surface area contributed by atoms with Crippen molar-refractivity contribution in [3.05, 3.63) is 65.4 Å². The number of carbonyl (C=O) groups excluding carboxylic acids is 2. The second-order valence-corrected chi connectivity index (χ2v) is 7.07. The summed E-state index contributed by atoms with van der Waals surface area (Å²) in [7, 11) is 0. The van der Waals surface area contributed by atoms with Crippen molar-refractivity contribution in [2.24, 2.45) is 0 Å². The van der Waals surface area contributed by atoms with Crippen molar-refractivity contribution < 1.29 is 23.8 Å². The standard InChI is InChI=1S/C24H21N3O5/c1-2-30-23(28)14-27-13-18(19-5-3-4-6-20(19)27)10-17(11-25)24(29)26-12-16-7-8-21-22(9-16)32-15-31-21/h3-10,13H,2,12,14-15H2,1H3,(H,26,29)/b17-10+. The fourth-order valence-corrected chi connectivity index (χ4v) is 3.50. The highest BCUT2D eigenvalue weighted by molar-refractivity contribution is 6.04. The Balaban J connectivity index is 1.54. The van der Waals surface area contributed by atoms with E-state index in [1.165, 1.54) is 6.08 Å². The summed E-state index contributed by atoms with van der Waals surface area (Å²) < 4.78 is 17.4. The van der Waals surface area contributed by atoms with Crippen LogP contribution in [0.15, 0.2) is 54.2 Å². The Hall–Kier alpha value is -4.25. The first-order chi connectivity index (χ1) is 15.6. The number of hydrogen-bond acceptors (Lipinski definition) is 6. The average molecular weight is 431 g/mol. The molecule has 0 saturated carbocycles. The van der Waals surface area contributed by atoms with Crippen molar-refractivity contribution in [3.63, 3.8) is 0 Å². The summed E-state index contributed by atoms with van der Waals surface area (Å²) >= 11 is 0. The maximum atomic E-state index is 12.7. The van der Waals surface area contributed by atoms with Crippen LogP contribution in [0.2, 0.25) is 0 Å². The predicted octanol–water partition coefficient (Wildman–Crippen LogP) is 3.16. The first-order valence-electron chi connectivity index (χ1n) is 10.1. The number of nitriles is 1. The molecule has 0 unspecified atom stereocenters. The van der Waals surface area contributed by atoms with Gasteiger partial charge in [-0.15, -0.1) is 0 Å². The van der Waals surface area contributed by atoms with Gasteiger partial charge in [0, 0.05) is 29.2 Å². The van der Waals surface area contributed by atoms with E-state index in [0.29, 0.717) is 23.7 Å². The Morgan fingerprint density at radius 1 is 1.22 bits per heavy atom. The topological polar surface area (TPSA) is 103 Å². The summed E-state index contributed by atoms with van der Waals surface area (Å²) in [6, 6.07) is 14.8. The zero-order chi connectivity index (χ0) is 22.5. The lowest BCUT2D eigenvalue weighted by Gasteiger charge is -2.05. The van der Waals surface area contributed by atoms with E-state index in [2.05, 4.69) is 5.32 Å². The van der Waals surface area contributed by atoms with E-state index in [1.807, 2.05) is 36.4 Å². The summed E-state index contributed by atoms with van der Waals surface area (Å²) in [6.45, 7) is 2.50. The van der Waals surface area contributed by atoms with Gasteiger partial charge in [-0.1, -0.05) is 24.3 Å². The molecular formula is C24H21N3O5. The van der Waals surface area contributed by atoms with Crippen LogP contribution in [0.1, 0.15) is 18.1 Å². The summed E-state index contributed by atoms with van der Waals surface area (Å²) in [5.74, 6) is 0.442. The molecule has 3 aromatic rings. The number of benzene rings is 2. The Kier molecular flexibility index (Phi) is 6.08. The molecule has 4 rings (SSSR count). The van der Waals surface area contributed by atoms with Crippen LogP contribution in [-0.2, 0) is 27.4 Å². The SMILES string of the molecule is CCOC(=O)Cn1cc(/C=C(\C#N)C(=O)NCc2ccc3c(c2)OCO3)c2ccccc21. The molecule has 32 heavy (non-hydrogen) atoms. The monoisotopic (exact) mass is 431 g/mol. The van der Waals surface area contributed by atoms with E-state index >= 15 is 0 Å². The van der Waals surface area contributed by atoms with Crippen LogP contribution >= 0.6 is 0 Å². The zero-order valence-electron chi connectivity index (χ0n) is 17.5. The summed E-state index contributed by atoms with van der Waals surface area (Å²) in [5, 5.41) is 13.2. The molecule has 8 heteroatoms. The van der Waals surface area contributed by atoms with Crippen LogP contribution in [0.5, 0.6) is 11.5 Å². The van der Waals surface area contributed by atoms with Gasteiger partial charge in [0.1, 0.15) is 18.2 Å². The maximum Gasteiger partial charge on any atom is 0.325 e. The van der Waals surface area contributed by atoms with E-state index in [-0.39, 0.29) is 31.4 Å². The lowest BCUT2D eigenvalue weighted by molar-refractivity contribution is -0.143. The Labute approximate surface area is 184 Å². The van der Waals surface area contributed by atoms with Crippen LogP contribution in [0, 0.1) is 11.3 Å². The molecule has 2 aromatic carbocycles. The molecule has 0 saturated heterocycles. The summed E-state index contributed by atoms with van der Waals surface area (Å²) in [4.78, 5) is 24.6. The van der Waals surface area contributed by atoms with Gasteiger partial charge in [-0.3, -0.25) is 9.59 Å². The van der Waals surface area contributed by atoms with Gasteiger partial charge in [0.25, 0.3) is 5.91 Å². The molecule has 0 fully saturated rings. The van der Waals surface area contributed by atoms with Crippen LogP contribution in [0.25, 0.3) is 17.0 Å². The number of fused-ring (bicyclic) bond motifs is 2. The molecule has 0 radical (unpaired) electrons. The van der Waals surface area contributed by atoms with Crippen molar-refractivity contribution >= 4 is 28.9 Å². The van der Waals surface area contributed by atoms with Gasteiger partial charge < -0.3 is 24.1 Å².